The SMILES string of the molecule is CCCOc1ccc(-c2c(C(=O)N/N=C(/C)c3ccccc3OC)nnn2-c2nonc2N)cc1. The molecule has 0 aliphatic heterocycles. The number of carbonyl (C=O) groups is 1. The number of hydrazone groups is 1. The first-order chi connectivity index (χ1) is 17.0. The third-order valence-electron chi connectivity index (χ3n) is 5.00. The van der Waals surface area contributed by atoms with E-state index in [0.717, 1.165) is 12.0 Å². The standard InChI is InChI=1S/C23H24N8O4/c1-4-13-34-16-11-9-15(10-12-16)20-19(26-30-31(20)22-21(24)28-35-29-22)23(32)27-25-14(2)17-7-5-6-8-18(17)33-3/h5-12H,4,13H2,1-3H3,(H2,24,28)(H,27,32)/b25-14-. The van der Waals surface area contributed by atoms with Crippen molar-refractivity contribution in [2.45, 2.75) is 20.3 Å². The molecule has 0 spiro atoms. The molecule has 0 aliphatic carbocycles. The van der Waals surface area contributed by atoms with E-state index in [-0.39, 0.29) is 17.3 Å². The third-order valence-corrected chi connectivity index (χ3v) is 5.00. The zero-order valence-corrected chi connectivity index (χ0v) is 19.4. The van der Waals surface area contributed by atoms with E-state index in [1.54, 1.807) is 38.3 Å². The summed E-state index contributed by atoms with van der Waals surface area (Å²) in [5.74, 6) is 0.846. The molecular formula is C23H24N8O4. The first-order valence-electron chi connectivity index (χ1n) is 10.8. The van der Waals surface area contributed by atoms with E-state index in [9.17, 15) is 4.79 Å². The summed E-state index contributed by atoms with van der Waals surface area (Å²) in [6.45, 7) is 4.38. The highest BCUT2D eigenvalue weighted by Gasteiger charge is 2.25. The van der Waals surface area contributed by atoms with Crippen LogP contribution in [-0.2, 0) is 0 Å². The fraction of sp³-hybridized carbons (Fsp3) is 0.217. The number of nitrogens with one attached hydrogen (secondary N) is 1. The van der Waals surface area contributed by atoms with Crippen molar-refractivity contribution >= 4 is 17.4 Å². The number of nitrogens with zero attached hydrogens (tertiary/aromatic N) is 6. The Morgan fingerprint density at radius 3 is 2.63 bits per heavy atom. The number of para-hydroxylation sites is 1. The largest absolute Gasteiger partial charge is 0.496 e. The van der Waals surface area contributed by atoms with Gasteiger partial charge in [0.1, 0.15) is 17.2 Å². The van der Waals surface area contributed by atoms with Crippen molar-refractivity contribution in [1.82, 2.24) is 30.7 Å². The third kappa shape index (κ3) is 4.95. The Morgan fingerprint density at radius 1 is 1.17 bits per heavy atom. The number of methoxy groups -OCH3 is 1. The predicted octanol–water partition coefficient (Wildman–Crippen LogP) is 2.85. The summed E-state index contributed by atoms with van der Waals surface area (Å²) in [7, 11) is 1.57. The maximum absolute atomic E-state index is 13.1. The number of anilines is 1. The molecule has 35 heavy (non-hydrogen) atoms. The molecule has 0 aliphatic rings. The zero-order chi connectivity index (χ0) is 24.8. The number of ether oxygens (including phenoxy) is 2. The summed E-state index contributed by atoms with van der Waals surface area (Å²) in [4.78, 5) is 13.1. The lowest BCUT2D eigenvalue weighted by Gasteiger charge is -2.09. The minimum atomic E-state index is -0.582. The van der Waals surface area contributed by atoms with Crippen molar-refractivity contribution in [1.29, 1.82) is 0 Å². The first kappa shape index (κ1) is 23.4. The summed E-state index contributed by atoms with van der Waals surface area (Å²) in [6.07, 6.45) is 0.885. The Bertz CT molecular complexity index is 1340. The number of hydrogen-bond donors (Lipinski definition) is 2. The lowest BCUT2D eigenvalue weighted by Crippen LogP contribution is -2.21. The maximum Gasteiger partial charge on any atom is 0.294 e. The molecular weight excluding hydrogens is 452 g/mol. The Morgan fingerprint density at radius 2 is 1.94 bits per heavy atom. The fourth-order valence-corrected chi connectivity index (χ4v) is 3.30. The first-order valence-corrected chi connectivity index (χ1v) is 10.8. The van der Waals surface area contributed by atoms with Gasteiger partial charge in [0.2, 0.25) is 11.6 Å². The van der Waals surface area contributed by atoms with E-state index >= 15 is 0 Å². The van der Waals surface area contributed by atoms with E-state index in [1.807, 2.05) is 31.2 Å². The number of amides is 1. The maximum atomic E-state index is 13.1. The minimum Gasteiger partial charge on any atom is -0.496 e. The molecule has 2 aromatic carbocycles. The molecule has 2 heterocycles. The highest BCUT2D eigenvalue weighted by Crippen LogP contribution is 2.28. The van der Waals surface area contributed by atoms with E-state index in [4.69, 9.17) is 19.8 Å². The van der Waals surface area contributed by atoms with Crippen LogP contribution in [0.5, 0.6) is 11.5 Å². The van der Waals surface area contributed by atoms with Crippen molar-refractivity contribution in [3.63, 3.8) is 0 Å². The fourth-order valence-electron chi connectivity index (χ4n) is 3.30. The van der Waals surface area contributed by atoms with Gasteiger partial charge < -0.3 is 15.2 Å². The molecule has 12 heteroatoms. The Hall–Kier alpha value is -4.74. The van der Waals surface area contributed by atoms with Crippen molar-refractivity contribution in [2.24, 2.45) is 5.10 Å². The monoisotopic (exact) mass is 476 g/mol. The number of benzene rings is 2. The molecule has 0 fully saturated rings. The van der Waals surface area contributed by atoms with Crippen LogP contribution < -0.4 is 20.6 Å². The summed E-state index contributed by atoms with van der Waals surface area (Å²) in [5, 5.41) is 19.7. The second-order valence-corrected chi connectivity index (χ2v) is 7.38. The second kappa shape index (κ2) is 10.5. The topological polar surface area (TPSA) is 156 Å². The van der Waals surface area contributed by atoms with Crippen LogP contribution in [-0.4, -0.2) is 50.6 Å². The van der Waals surface area contributed by atoms with Gasteiger partial charge in [-0.1, -0.05) is 24.3 Å². The van der Waals surface area contributed by atoms with Crippen molar-refractivity contribution in [3.05, 3.63) is 59.8 Å². The molecule has 0 atom stereocenters. The predicted molar refractivity (Wildman–Crippen MR) is 128 cm³/mol. The van der Waals surface area contributed by atoms with Gasteiger partial charge in [-0.15, -0.1) is 5.10 Å². The number of hydrogen-bond acceptors (Lipinski definition) is 10. The number of rotatable bonds is 9. The normalized spacial score (nSPS) is 11.3. The Labute approximate surface area is 200 Å². The summed E-state index contributed by atoms with van der Waals surface area (Å²) in [5.41, 5.74) is 10.6. The van der Waals surface area contributed by atoms with Crippen LogP contribution in [0.25, 0.3) is 17.1 Å². The molecule has 3 N–H and O–H groups in total. The van der Waals surface area contributed by atoms with Crippen molar-refractivity contribution in [2.75, 3.05) is 19.5 Å². The van der Waals surface area contributed by atoms with Crippen LogP contribution >= 0.6 is 0 Å². The van der Waals surface area contributed by atoms with E-state index in [2.05, 4.69) is 31.2 Å². The van der Waals surface area contributed by atoms with Crippen LogP contribution in [0.1, 0.15) is 36.3 Å². The quantitative estimate of drug-likeness (QED) is 0.274. The molecule has 2 aromatic heterocycles. The second-order valence-electron chi connectivity index (χ2n) is 7.38. The van der Waals surface area contributed by atoms with Gasteiger partial charge in [0, 0.05) is 11.1 Å². The van der Waals surface area contributed by atoms with Gasteiger partial charge in [0.25, 0.3) is 5.91 Å². The van der Waals surface area contributed by atoms with Crippen molar-refractivity contribution < 1.29 is 18.9 Å². The molecule has 180 valence electrons. The van der Waals surface area contributed by atoms with E-state index < -0.39 is 5.91 Å². The number of nitrogens with two attached hydrogens (primary N) is 1. The van der Waals surface area contributed by atoms with Crippen LogP contribution in [0.4, 0.5) is 5.82 Å². The lowest BCUT2D eigenvalue weighted by atomic mass is 10.1. The molecule has 4 aromatic rings. The van der Waals surface area contributed by atoms with Gasteiger partial charge in [-0.05, 0) is 60.1 Å². The zero-order valence-electron chi connectivity index (χ0n) is 19.4. The summed E-state index contributed by atoms with van der Waals surface area (Å²) >= 11 is 0. The van der Waals surface area contributed by atoms with Crippen LogP contribution in [0.3, 0.4) is 0 Å². The molecule has 12 nitrogen and oxygen atoms in total. The smallest absolute Gasteiger partial charge is 0.294 e. The molecule has 0 radical (unpaired) electrons. The van der Waals surface area contributed by atoms with Gasteiger partial charge in [-0.3, -0.25) is 4.79 Å². The molecule has 1 amide bonds. The van der Waals surface area contributed by atoms with Crippen LogP contribution in [0, 0.1) is 0 Å². The molecule has 0 bridgehead atoms. The number of nitrogen functional groups attached to an aromatic ring is 1. The van der Waals surface area contributed by atoms with Gasteiger partial charge in [-0.2, -0.15) is 9.78 Å². The lowest BCUT2D eigenvalue weighted by molar-refractivity contribution is 0.0950. The van der Waals surface area contributed by atoms with Crippen molar-refractivity contribution in [3.8, 4) is 28.6 Å². The minimum absolute atomic E-state index is 0.00366. The molecule has 0 saturated heterocycles. The van der Waals surface area contributed by atoms with Crippen LogP contribution in [0.15, 0.2) is 58.3 Å². The van der Waals surface area contributed by atoms with Crippen LogP contribution in [0.2, 0.25) is 0 Å². The average Bonchev–Trinajstić information content (AvgIpc) is 3.52. The van der Waals surface area contributed by atoms with Gasteiger partial charge >= 0.3 is 0 Å². The Balaban J connectivity index is 1.69. The van der Waals surface area contributed by atoms with E-state index in [0.29, 0.717) is 35.1 Å². The summed E-state index contributed by atoms with van der Waals surface area (Å²) < 4.78 is 17.0. The highest BCUT2D eigenvalue weighted by molar-refractivity contribution is 6.03. The molecule has 4 rings (SSSR count). The average molecular weight is 476 g/mol. The molecule has 0 saturated carbocycles. The number of aromatic nitrogens is 5. The van der Waals surface area contributed by atoms with E-state index in [1.165, 1.54) is 4.68 Å². The van der Waals surface area contributed by atoms with Gasteiger partial charge in [-0.25, -0.2) is 10.1 Å². The highest BCUT2D eigenvalue weighted by atomic mass is 16.6. The summed E-state index contributed by atoms with van der Waals surface area (Å²) in [6, 6.07) is 14.5. The van der Waals surface area contributed by atoms with Gasteiger partial charge in [0.05, 0.1) is 19.4 Å². The Kier molecular flexibility index (Phi) is 7.00. The molecule has 0 unspecified atom stereocenters. The van der Waals surface area contributed by atoms with Gasteiger partial charge in [0.15, 0.2) is 5.69 Å². The number of carbonyl (C=O) groups excluding carboxylic acids is 1.